The molecule has 0 saturated carbocycles. The standard InChI is InChI=1S/C11H7N7O/c19-10-6(9-14-16-17-15-9)5-12-11-13-7-3-1-2-4-8(7)18(10)11/h1-5H,(H,12,13)(H,14,15,16,17). The van der Waals surface area contributed by atoms with Crippen LogP contribution in [0.5, 0.6) is 0 Å². The number of nitrogens with zero attached hydrogens (tertiary/aromatic N) is 5. The van der Waals surface area contributed by atoms with E-state index in [1.807, 2.05) is 24.3 Å². The van der Waals surface area contributed by atoms with E-state index in [1.54, 1.807) is 0 Å². The van der Waals surface area contributed by atoms with Gasteiger partial charge in [0.15, 0.2) is 0 Å². The minimum atomic E-state index is -0.233. The van der Waals surface area contributed by atoms with E-state index >= 15 is 0 Å². The average molecular weight is 253 g/mol. The first-order chi connectivity index (χ1) is 9.34. The van der Waals surface area contributed by atoms with E-state index in [-0.39, 0.29) is 11.4 Å². The molecule has 92 valence electrons. The number of benzene rings is 1. The number of hydrogen-bond acceptors (Lipinski definition) is 5. The Morgan fingerprint density at radius 2 is 2.11 bits per heavy atom. The van der Waals surface area contributed by atoms with Crippen LogP contribution in [-0.4, -0.2) is 35.0 Å². The first-order valence-corrected chi connectivity index (χ1v) is 5.57. The van der Waals surface area contributed by atoms with Crippen molar-refractivity contribution in [1.29, 1.82) is 0 Å². The van der Waals surface area contributed by atoms with Gasteiger partial charge in [0.05, 0.1) is 11.0 Å². The third kappa shape index (κ3) is 1.30. The number of para-hydroxylation sites is 2. The van der Waals surface area contributed by atoms with E-state index in [0.717, 1.165) is 11.0 Å². The predicted octanol–water partition coefficient (Wildman–Crippen LogP) is 0.356. The molecular formula is C11H7N7O. The van der Waals surface area contributed by atoms with Crippen molar-refractivity contribution in [2.45, 2.75) is 0 Å². The van der Waals surface area contributed by atoms with E-state index in [1.165, 1.54) is 10.6 Å². The molecule has 4 rings (SSSR count). The van der Waals surface area contributed by atoms with Crippen LogP contribution in [0, 0.1) is 0 Å². The van der Waals surface area contributed by atoms with Gasteiger partial charge in [-0.25, -0.2) is 9.38 Å². The summed E-state index contributed by atoms with van der Waals surface area (Å²) in [6.07, 6.45) is 1.44. The number of H-pyrrole nitrogens is 2. The summed E-state index contributed by atoms with van der Waals surface area (Å²) in [4.78, 5) is 19.8. The van der Waals surface area contributed by atoms with E-state index in [2.05, 4.69) is 30.6 Å². The summed E-state index contributed by atoms with van der Waals surface area (Å²) in [5, 5.41) is 13.4. The number of imidazole rings is 1. The van der Waals surface area contributed by atoms with Gasteiger partial charge in [-0.15, -0.1) is 10.2 Å². The normalized spacial score (nSPS) is 11.4. The molecule has 3 heterocycles. The molecule has 0 atom stereocenters. The summed E-state index contributed by atoms with van der Waals surface area (Å²) >= 11 is 0. The molecule has 0 radical (unpaired) electrons. The molecule has 0 fully saturated rings. The lowest BCUT2D eigenvalue weighted by atomic mass is 10.3. The molecule has 0 bridgehead atoms. The SMILES string of the molecule is O=c1c(-c2nn[nH]n2)cnc2[nH]c3ccccc3n12. The molecule has 0 saturated heterocycles. The Kier molecular flexibility index (Phi) is 1.82. The van der Waals surface area contributed by atoms with Crippen LogP contribution in [0.4, 0.5) is 0 Å². The molecule has 8 nitrogen and oxygen atoms in total. The highest BCUT2D eigenvalue weighted by Gasteiger charge is 2.14. The summed E-state index contributed by atoms with van der Waals surface area (Å²) in [5.41, 5.74) is 1.68. The lowest BCUT2D eigenvalue weighted by Crippen LogP contribution is -2.16. The highest BCUT2D eigenvalue weighted by molar-refractivity contribution is 5.79. The molecule has 2 N–H and O–H groups in total. The van der Waals surface area contributed by atoms with Gasteiger partial charge < -0.3 is 4.98 Å². The summed E-state index contributed by atoms with van der Waals surface area (Å²) < 4.78 is 1.50. The van der Waals surface area contributed by atoms with Crippen molar-refractivity contribution in [3.8, 4) is 11.4 Å². The topological polar surface area (TPSA) is 105 Å². The van der Waals surface area contributed by atoms with Gasteiger partial charge in [0.2, 0.25) is 11.6 Å². The number of rotatable bonds is 1. The van der Waals surface area contributed by atoms with Crippen LogP contribution in [0.25, 0.3) is 28.2 Å². The zero-order chi connectivity index (χ0) is 12.8. The fraction of sp³-hybridized carbons (Fsp3) is 0. The Labute approximate surface area is 105 Å². The monoisotopic (exact) mass is 253 g/mol. The first kappa shape index (κ1) is 9.95. The molecule has 8 heteroatoms. The van der Waals surface area contributed by atoms with Gasteiger partial charge in [0, 0.05) is 6.20 Å². The Morgan fingerprint density at radius 1 is 1.21 bits per heavy atom. The Hall–Kier alpha value is -3.03. The van der Waals surface area contributed by atoms with Gasteiger partial charge in [-0.1, -0.05) is 12.1 Å². The zero-order valence-corrected chi connectivity index (χ0v) is 9.53. The number of nitrogens with one attached hydrogen (secondary N) is 2. The fourth-order valence-electron chi connectivity index (χ4n) is 2.09. The van der Waals surface area contributed by atoms with Crippen LogP contribution in [0.2, 0.25) is 0 Å². The zero-order valence-electron chi connectivity index (χ0n) is 9.53. The summed E-state index contributed by atoms with van der Waals surface area (Å²) in [7, 11) is 0. The number of tetrazole rings is 1. The molecule has 3 aromatic heterocycles. The molecule has 19 heavy (non-hydrogen) atoms. The Balaban J connectivity index is 2.18. The molecule has 0 unspecified atom stereocenters. The van der Waals surface area contributed by atoms with Gasteiger partial charge in [-0.3, -0.25) is 4.79 Å². The molecule has 0 aliphatic carbocycles. The maximum atomic E-state index is 12.5. The minimum absolute atomic E-state index is 0.233. The number of fused-ring (bicyclic) bond motifs is 3. The van der Waals surface area contributed by atoms with Crippen LogP contribution in [0.1, 0.15) is 0 Å². The van der Waals surface area contributed by atoms with E-state index in [4.69, 9.17) is 0 Å². The van der Waals surface area contributed by atoms with Gasteiger partial charge >= 0.3 is 0 Å². The second-order valence-electron chi connectivity index (χ2n) is 4.01. The second-order valence-corrected chi connectivity index (χ2v) is 4.01. The van der Waals surface area contributed by atoms with Crippen molar-refractivity contribution in [1.82, 2.24) is 35.0 Å². The first-order valence-electron chi connectivity index (χ1n) is 5.57. The number of hydrogen-bond donors (Lipinski definition) is 2. The second kappa shape index (κ2) is 3.48. The molecule has 0 spiro atoms. The smallest absolute Gasteiger partial charge is 0.270 e. The summed E-state index contributed by atoms with van der Waals surface area (Å²) in [6.45, 7) is 0. The predicted molar refractivity (Wildman–Crippen MR) is 66.5 cm³/mol. The van der Waals surface area contributed by atoms with Crippen molar-refractivity contribution < 1.29 is 0 Å². The number of aromatic amines is 2. The van der Waals surface area contributed by atoms with Crippen LogP contribution < -0.4 is 5.56 Å². The van der Waals surface area contributed by atoms with Crippen molar-refractivity contribution in [3.63, 3.8) is 0 Å². The largest absolute Gasteiger partial charge is 0.323 e. The fourth-order valence-corrected chi connectivity index (χ4v) is 2.09. The van der Waals surface area contributed by atoms with E-state index in [0.29, 0.717) is 11.3 Å². The van der Waals surface area contributed by atoms with Gasteiger partial charge in [-0.05, 0) is 17.3 Å². The molecule has 0 amide bonds. The highest BCUT2D eigenvalue weighted by atomic mass is 16.1. The van der Waals surface area contributed by atoms with Gasteiger partial charge in [-0.2, -0.15) is 5.21 Å². The van der Waals surface area contributed by atoms with Crippen LogP contribution in [-0.2, 0) is 0 Å². The summed E-state index contributed by atoms with van der Waals surface area (Å²) in [5.74, 6) is 0.718. The quantitative estimate of drug-likeness (QED) is 0.509. The van der Waals surface area contributed by atoms with Crippen molar-refractivity contribution >= 4 is 16.8 Å². The Morgan fingerprint density at radius 3 is 2.95 bits per heavy atom. The lowest BCUT2D eigenvalue weighted by Gasteiger charge is -1.96. The molecule has 4 aromatic rings. The average Bonchev–Trinajstić information content (AvgIpc) is 3.05. The number of aromatic nitrogens is 7. The van der Waals surface area contributed by atoms with Crippen molar-refractivity contribution in [3.05, 3.63) is 40.8 Å². The van der Waals surface area contributed by atoms with Gasteiger partial charge in [0.1, 0.15) is 5.56 Å². The Bertz CT molecular complexity index is 935. The van der Waals surface area contributed by atoms with Crippen LogP contribution in [0.15, 0.2) is 35.3 Å². The third-order valence-corrected chi connectivity index (χ3v) is 2.94. The molecule has 0 aliphatic rings. The molecular weight excluding hydrogens is 246 g/mol. The van der Waals surface area contributed by atoms with Crippen LogP contribution in [0.3, 0.4) is 0 Å². The minimum Gasteiger partial charge on any atom is -0.323 e. The highest BCUT2D eigenvalue weighted by Crippen LogP contribution is 2.14. The summed E-state index contributed by atoms with van der Waals surface area (Å²) in [6, 6.07) is 7.49. The van der Waals surface area contributed by atoms with E-state index < -0.39 is 0 Å². The maximum absolute atomic E-state index is 12.5. The van der Waals surface area contributed by atoms with E-state index in [9.17, 15) is 4.79 Å². The van der Waals surface area contributed by atoms with Crippen molar-refractivity contribution in [2.24, 2.45) is 0 Å². The molecule has 0 aliphatic heterocycles. The molecule has 1 aromatic carbocycles. The van der Waals surface area contributed by atoms with Crippen LogP contribution >= 0.6 is 0 Å². The lowest BCUT2D eigenvalue weighted by molar-refractivity contribution is 0.881. The van der Waals surface area contributed by atoms with Gasteiger partial charge in [0.25, 0.3) is 5.56 Å². The van der Waals surface area contributed by atoms with Crippen molar-refractivity contribution in [2.75, 3.05) is 0 Å². The maximum Gasteiger partial charge on any atom is 0.270 e. The third-order valence-electron chi connectivity index (χ3n) is 2.94.